The molecule has 6 heteroatoms. The number of H-pyrrole nitrogens is 2. The molecule has 0 aliphatic heterocycles. The van der Waals surface area contributed by atoms with Crippen LogP contribution in [-0.2, 0) is 0 Å². The molecule has 0 bridgehead atoms. The molecule has 2 aromatic carbocycles. The van der Waals surface area contributed by atoms with Crippen LogP contribution in [0.3, 0.4) is 0 Å². The summed E-state index contributed by atoms with van der Waals surface area (Å²) in [5.41, 5.74) is -0.764. The molecular formula is C14H11N3O3. The number of fused-ring (bicyclic) bond motifs is 1. The molecule has 0 fully saturated rings. The van der Waals surface area contributed by atoms with Gasteiger partial charge in [-0.25, -0.2) is 5.10 Å². The highest BCUT2D eigenvalue weighted by Crippen LogP contribution is 2.24. The van der Waals surface area contributed by atoms with Crippen LogP contribution in [0.4, 0.5) is 0 Å². The third-order valence-electron chi connectivity index (χ3n) is 3.03. The van der Waals surface area contributed by atoms with Crippen LogP contribution in [0.2, 0.25) is 0 Å². The Morgan fingerprint density at radius 1 is 1.00 bits per heavy atom. The minimum Gasteiger partial charge on any atom is -0.497 e. The molecule has 1 heterocycles. The van der Waals surface area contributed by atoms with Gasteiger partial charge in [-0.05, 0) is 29.0 Å². The fraction of sp³-hybridized carbons (Fsp3) is 0.0714. The summed E-state index contributed by atoms with van der Waals surface area (Å²) in [6.07, 6.45) is 0. The van der Waals surface area contributed by atoms with Gasteiger partial charge in [0, 0.05) is 5.56 Å². The number of rotatable bonds is 2. The summed E-state index contributed by atoms with van der Waals surface area (Å²) in [6, 6.07) is 11.3. The molecule has 0 atom stereocenters. The number of nitrogens with one attached hydrogen (secondary N) is 2. The van der Waals surface area contributed by atoms with Crippen molar-refractivity contribution in [3.63, 3.8) is 0 Å². The lowest BCUT2D eigenvalue weighted by Crippen LogP contribution is -2.30. The van der Waals surface area contributed by atoms with E-state index in [4.69, 9.17) is 4.74 Å². The zero-order valence-corrected chi connectivity index (χ0v) is 10.6. The van der Waals surface area contributed by atoms with Crippen molar-refractivity contribution >= 4 is 10.8 Å². The summed E-state index contributed by atoms with van der Waals surface area (Å²) < 4.78 is 5.17. The van der Waals surface area contributed by atoms with E-state index in [1.165, 1.54) is 0 Å². The first-order valence-electron chi connectivity index (χ1n) is 5.94. The van der Waals surface area contributed by atoms with Crippen LogP contribution in [-0.4, -0.2) is 22.3 Å². The third-order valence-corrected chi connectivity index (χ3v) is 3.03. The van der Waals surface area contributed by atoms with Gasteiger partial charge in [-0.1, -0.05) is 18.2 Å². The summed E-state index contributed by atoms with van der Waals surface area (Å²) >= 11 is 0. The SMILES string of the molecule is COc1ccc2cc(-c3n[nH]c(=O)c(=O)[nH]3)ccc2c1. The summed E-state index contributed by atoms with van der Waals surface area (Å²) in [4.78, 5) is 24.8. The summed E-state index contributed by atoms with van der Waals surface area (Å²) in [5, 5.41) is 7.99. The average molecular weight is 269 g/mol. The maximum absolute atomic E-state index is 11.3. The Bertz CT molecular complexity index is 896. The van der Waals surface area contributed by atoms with Gasteiger partial charge in [0.1, 0.15) is 5.75 Å². The lowest BCUT2D eigenvalue weighted by Gasteiger charge is -2.05. The minimum atomic E-state index is -0.765. The predicted octanol–water partition coefficient (Wildman–Crippen LogP) is 1.29. The summed E-state index contributed by atoms with van der Waals surface area (Å²) in [7, 11) is 1.62. The van der Waals surface area contributed by atoms with E-state index >= 15 is 0 Å². The van der Waals surface area contributed by atoms with Gasteiger partial charge < -0.3 is 9.72 Å². The van der Waals surface area contributed by atoms with Gasteiger partial charge in [0.15, 0.2) is 5.82 Å². The first kappa shape index (κ1) is 12.2. The Morgan fingerprint density at radius 3 is 2.50 bits per heavy atom. The Labute approximate surface area is 113 Å². The number of hydrogen-bond donors (Lipinski definition) is 2. The maximum Gasteiger partial charge on any atom is 0.329 e. The molecule has 2 N–H and O–H groups in total. The maximum atomic E-state index is 11.3. The molecule has 1 aromatic heterocycles. The zero-order chi connectivity index (χ0) is 14.1. The first-order chi connectivity index (χ1) is 9.67. The van der Waals surface area contributed by atoms with Crippen LogP contribution in [0.5, 0.6) is 5.75 Å². The van der Waals surface area contributed by atoms with E-state index in [0.717, 1.165) is 22.1 Å². The highest BCUT2D eigenvalue weighted by Gasteiger charge is 2.04. The molecule has 0 aliphatic carbocycles. The van der Waals surface area contributed by atoms with Crippen molar-refractivity contribution in [3.05, 3.63) is 57.1 Å². The topological polar surface area (TPSA) is 87.8 Å². The molecule has 0 spiro atoms. The quantitative estimate of drug-likeness (QED) is 0.686. The molecule has 3 rings (SSSR count). The highest BCUT2D eigenvalue weighted by molar-refractivity contribution is 5.87. The van der Waals surface area contributed by atoms with Crippen molar-refractivity contribution in [2.45, 2.75) is 0 Å². The van der Waals surface area contributed by atoms with Crippen LogP contribution in [0.1, 0.15) is 0 Å². The van der Waals surface area contributed by atoms with Gasteiger partial charge in [-0.15, -0.1) is 0 Å². The van der Waals surface area contributed by atoms with Crippen molar-refractivity contribution in [1.29, 1.82) is 0 Å². The van der Waals surface area contributed by atoms with Crippen molar-refractivity contribution in [1.82, 2.24) is 15.2 Å². The van der Waals surface area contributed by atoms with Crippen LogP contribution in [0.25, 0.3) is 22.2 Å². The lowest BCUT2D eigenvalue weighted by atomic mass is 10.1. The Morgan fingerprint density at radius 2 is 1.75 bits per heavy atom. The average Bonchev–Trinajstić information content (AvgIpc) is 2.49. The van der Waals surface area contributed by atoms with Gasteiger partial charge in [0.05, 0.1) is 7.11 Å². The van der Waals surface area contributed by atoms with E-state index in [1.54, 1.807) is 7.11 Å². The molecule has 100 valence electrons. The van der Waals surface area contributed by atoms with Crippen molar-refractivity contribution in [2.75, 3.05) is 7.11 Å². The molecular weight excluding hydrogens is 258 g/mol. The predicted molar refractivity (Wildman–Crippen MR) is 75.0 cm³/mol. The normalized spacial score (nSPS) is 10.7. The van der Waals surface area contributed by atoms with Crippen LogP contribution < -0.4 is 15.9 Å². The Hall–Kier alpha value is -2.89. The van der Waals surface area contributed by atoms with E-state index in [-0.39, 0.29) is 0 Å². The molecule has 3 aromatic rings. The van der Waals surface area contributed by atoms with Gasteiger partial charge in [0.25, 0.3) is 0 Å². The largest absolute Gasteiger partial charge is 0.497 e. The van der Waals surface area contributed by atoms with Gasteiger partial charge in [0.2, 0.25) is 0 Å². The number of nitrogens with zero attached hydrogens (tertiary/aromatic N) is 1. The molecule has 6 nitrogen and oxygen atoms in total. The second kappa shape index (κ2) is 4.65. The van der Waals surface area contributed by atoms with Crippen molar-refractivity contribution in [2.24, 2.45) is 0 Å². The lowest BCUT2D eigenvalue weighted by molar-refractivity contribution is 0.415. The number of aromatic nitrogens is 3. The first-order valence-corrected chi connectivity index (χ1v) is 5.94. The molecule has 0 saturated heterocycles. The molecule has 0 aliphatic rings. The van der Waals surface area contributed by atoms with E-state index in [9.17, 15) is 9.59 Å². The van der Waals surface area contributed by atoms with Crippen LogP contribution in [0, 0.1) is 0 Å². The molecule has 0 radical (unpaired) electrons. The van der Waals surface area contributed by atoms with Crippen molar-refractivity contribution in [3.8, 4) is 17.1 Å². The minimum absolute atomic E-state index is 0.326. The second-order valence-corrected chi connectivity index (χ2v) is 4.28. The second-order valence-electron chi connectivity index (χ2n) is 4.28. The fourth-order valence-electron chi connectivity index (χ4n) is 1.98. The Kier molecular flexibility index (Phi) is 2.83. The summed E-state index contributed by atoms with van der Waals surface area (Å²) in [6.45, 7) is 0. The number of methoxy groups -OCH3 is 1. The van der Waals surface area contributed by atoms with Gasteiger partial charge in [-0.3, -0.25) is 9.59 Å². The standard InChI is InChI=1S/C14H11N3O3/c1-20-11-5-4-8-6-10(3-2-9(8)7-11)12-15-13(18)14(19)17-16-12/h2-7H,1H3,(H,17,19)(H,15,16,18). The van der Waals surface area contributed by atoms with Crippen molar-refractivity contribution < 1.29 is 4.74 Å². The smallest absolute Gasteiger partial charge is 0.329 e. The summed E-state index contributed by atoms with van der Waals surface area (Å²) in [5.74, 6) is 1.10. The Balaban J connectivity index is 2.15. The number of hydrogen-bond acceptors (Lipinski definition) is 4. The van der Waals surface area contributed by atoms with E-state index < -0.39 is 11.1 Å². The van der Waals surface area contributed by atoms with E-state index in [0.29, 0.717) is 5.82 Å². The van der Waals surface area contributed by atoms with Gasteiger partial charge >= 0.3 is 11.1 Å². The zero-order valence-electron chi connectivity index (χ0n) is 10.6. The monoisotopic (exact) mass is 269 g/mol. The number of benzene rings is 2. The number of ether oxygens (including phenoxy) is 1. The number of aromatic amines is 2. The van der Waals surface area contributed by atoms with Crippen LogP contribution >= 0.6 is 0 Å². The van der Waals surface area contributed by atoms with Gasteiger partial charge in [-0.2, -0.15) is 5.10 Å². The molecule has 0 unspecified atom stereocenters. The fourth-order valence-corrected chi connectivity index (χ4v) is 1.98. The molecule has 20 heavy (non-hydrogen) atoms. The molecule has 0 amide bonds. The van der Waals surface area contributed by atoms with E-state index in [1.807, 2.05) is 36.4 Å². The van der Waals surface area contributed by atoms with E-state index in [2.05, 4.69) is 15.2 Å². The highest BCUT2D eigenvalue weighted by atomic mass is 16.5. The third kappa shape index (κ3) is 2.07. The van der Waals surface area contributed by atoms with Crippen LogP contribution in [0.15, 0.2) is 46.0 Å². The molecule has 0 saturated carbocycles.